The van der Waals surface area contributed by atoms with Crippen molar-refractivity contribution in [2.45, 2.75) is 6.54 Å². The summed E-state index contributed by atoms with van der Waals surface area (Å²) in [6, 6.07) is 14.8. The SMILES string of the molecule is COC(=O)c1ccc(CNC(=O)c2c(Br)c3ccccc3n2C)cc1. The van der Waals surface area contributed by atoms with Crippen LogP contribution < -0.4 is 5.32 Å². The van der Waals surface area contributed by atoms with Gasteiger partial charge in [0.05, 0.1) is 17.1 Å². The third-order valence-corrected chi connectivity index (χ3v) is 4.89. The number of benzene rings is 2. The fourth-order valence-electron chi connectivity index (χ4n) is 2.74. The van der Waals surface area contributed by atoms with Crippen molar-refractivity contribution in [2.75, 3.05) is 7.11 Å². The molecule has 1 amide bonds. The summed E-state index contributed by atoms with van der Waals surface area (Å²) in [4.78, 5) is 24.1. The first-order valence-corrected chi connectivity index (χ1v) is 8.50. The third-order valence-electron chi connectivity index (χ3n) is 4.09. The van der Waals surface area contributed by atoms with Gasteiger partial charge >= 0.3 is 5.97 Å². The van der Waals surface area contributed by atoms with E-state index in [-0.39, 0.29) is 11.9 Å². The molecule has 25 heavy (non-hydrogen) atoms. The second kappa shape index (κ2) is 7.11. The fourth-order valence-corrected chi connectivity index (χ4v) is 3.52. The summed E-state index contributed by atoms with van der Waals surface area (Å²) in [5.41, 5.74) is 2.94. The molecule has 0 saturated heterocycles. The molecule has 0 radical (unpaired) electrons. The van der Waals surface area contributed by atoms with E-state index in [4.69, 9.17) is 0 Å². The number of amides is 1. The fraction of sp³-hybridized carbons (Fsp3) is 0.158. The first-order valence-electron chi connectivity index (χ1n) is 7.71. The molecule has 6 heteroatoms. The molecule has 0 saturated carbocycles. The van der Waals surface area contributed by atoms with Crippen LogP contribution in [0.15, 0.2) is 53.0 Å². The van der Waals surface area contributed by atoms with Crippen molar-refractivity contribution in [3.05, 3.63) is 69.8 Å². The smallest absolute Gasteiger partial charge is 0.337 e. The van der Waals surface area contributed by atoms with Crippen LogP contribution in [0.3, 0.4) is 0 Å². The lowest BCUT2D eigenvalue weighted by Gasteiger charge is -2.08. The standard InChI is InChI=1S/C19H17BrN2O3/c1-22-15-6-4-3-5-14(15)16(20)17(22)18(23)21-11-12-7-9-13(10-8-12)19(24)25-2/h3-10H,11H2,1-2H3,(H,21,23). The van der Waals surface area contributed by atoms with Crippen molar-refractivity contribution in [1.82, 2.24) is 9.88 Å². The van der Waals surface area contributed by atoms with Crippen molar-refractivity contribution in [3.8, 4) is 0 Å². The maximum absolute atomic E-state index is 12.6. The number of rotatable bonds is 4. The minimum absolute atomic E-state index is 0.164. The number of nitrogens with one attached hydrogen (secondary N) is 1. The predicted octanol–water partition coefficient (Wildman–Crippen LogP) is 3.66. The molecule has 3 aromatic rings. The average molecular weight is 401 g/mol. The van der Waals surface area contributed by atoms with E-state index in [2.05, 4.69) is 26.0 Å². The van der Waals surface area contributed by atoms with Crippen LogP contribution in [0.5, 0.6) is 0 Å². The van der Waals surface area contributed by atoms with Crippen molar-refractivity contribution in [1.29, 1.82) is 0 Å². The molecule has 0 fully saturated rings. The van der Waals surface area contributed by atoms with Gasteiger partial charge in [-0.25, -0.2) is 4.79 Å². The molecular formula is C19H17BrN2O3. The van der Waals surface area contributed by atoms with Gasteiger partial charge in [-0.15, -0.1) is 0 Å². The van der Waals surface area contributed by atoms with Gasteiger partial charge in [0.15, 0.2) is 0 Å². The maximum atomic E-state index is 12.6. The Morgan fingerprint density at radius 1 is 1.12 bits per heavy atom. The largest absolute Gasteiger partial charge is 0.465 e. The quantitative estimate of drug-likeness (QED) is 0.679. The minimum Gasteiger partial charge on any atom is -0.465 e. The van der Waals surface area contributed by atoms with Gasteiger partial charge in [-0.3, -0.25) is 4.79 Å². The van der Waals surface area contributed by atoms with E-state index in [1.165, 1.54) is 7.11 Å². The van der Waals surface area contributed by atoms with Crippen LogP contribution in [0.1, 0.15) is 26.4 Å². The monoisotopic (exact) mass is 400 g/mol. The number of esters is 1. The van der Waals surface area contributed by atoms with E-state index >= 15 is 0 Å². The summed E-state index contributed by atoms with van der Waals surface area (Å²) < 4.78 is 7.32. The van der Waals surface area contributed by atoms with Crippen LogP contribution in [0.2, 0.25) is 0 Å². The third kappa shape index (κ3) is 3.30. The number of halogens is 1. The second-order valence-electron chi connectivity index (χ2n) is 5.61. The topological polar surface area (TPSA) is 60.3 Å². The minimum atomic E-state index is -0.380. The number of carbonyl (C=O) groups excluding carboxylic acids is 2. The highest BCUT2D eigenvalue weighted by Gasteiger charge is 2.18. The Morgan fingerprint density at radius 2 is 1.80 bits per heavy atom. The molecule has 0 bridgehead atoms. The molecule has 0 atom stereocenters. The maximum Gasteiger partial charge on any atom is 0.337 e. The highest BCUT2D eigenvalue weighted by atomic mass is 79.9. The van der Waals surface area contributed by atoms with Gasteiger partial charge in [0.1, 0.15) is 5.69 Å². The number of fused-ring (bicyclic) bond motifs is 1. The summed E-state index contributed by atoms with van der Waals surface area (Å²) in [6.45, 7) is 0.369. The van der Waals surface area contributed by atoms with Crippen LogP contribution >= 0.6 is 15.9 Å². The summed E-state index contributed by atoms with van der Waals surface area (Å²) in [7, 11) is 3.21. The van der Waals surface area contributed by atoms with Crippen molar-refractivity contribution >= 4 is 38.7 Å². The molecule has 0 spiro atoms. The van der Waals surface area contributed by atoms with E-state index in [1.54, 1.807) is 24.3 Å². The second-order valence-corrected chi connectivity index (χ2v) is 6.40. The van der Waals surface area contributed by atoms with Crippen LogP contribution in [-0.4, -0.2) is 23.6 Å². The number of aryl methyl sites for hydroxylation is 1. The van der Waals surface area contributed by atoms with Crippen molar-refractivity contribution in [3.63, 3.8) is 0 Å². The Labute approximate surface area is 153 Å². The van der Waals surface area contributed by atoms with Crippen molar-refractivity contribution in [2.24, 2.45) is 7.05 Å². The van der Waals surface area contributed by atoms with E-state index in [0.29, 0.717) is 17.8 Å². The molecule has 2 aromatic carbocycles. The average Bonchev–Trinajstić information content (AvgIpc) is 2.90. The Kier molecular flexibility index (Phi) is 4.90. The zero-order valence-electron chi connectivity index (χ0n) is 13.9. The van der Waals surface area contributed by atoms with Crippen LogP contribution in [0.25, 0.3) is 10.9 Å². The van der Waals surface area contributed by atoms with Crippen LogP contribution in [0, 0.1) is 0 Å². The van der Waals surface area contributed by atoms with Crippen LogP contribution in [0.4, 0.5) is 0 Å². The van der Waals surface area contributed by atoms with E-state index in [0.717, 1.165) is 20.9 Å². The molecule has 0 unspecified atom stereocenters. The molecule has 3 rings (SSSR count). The molecule has 1 heterocycles. The van der Waals surface area contributed by atoms with Gasteiger partial charge < -0.3 is 14.6 Å². The van der Waals surface area contributed by atoms with E-state index in [1.807, 2.05) is 35.9 Å². The molecular weight excluding hydrogens is 384 g/mol. The van der Waals surface area contributed by atoms with E-state index in [9.17, 15) is 9.59 Å². The van der Waals surface area contributed by atoms with Gasteiger partial charge in [-0.1, -0.05) is 30.3 Å². The summed E-state index contributed by atoms with van der Waals surface area (Å²) >= 11 is 3.53. The Bertz CT molecular complexity index is 906. The summed E-state index contributed by atoms with van der Waals surface area (Å²) in [5.74, 6) is -0.544. The summed E-state index contributed by atoms with van der Waals surface area (Å²) in [5, 5.41) is 3.91. The Balaban J connectivity index is 1.76. The molecule has 1 aromatic heterocycles. The number of aromatic nitrogens is 1. The number of carbonyl (C=O) groups is 2. The van der Waals surface area contributed by atoms with E-state index < -0.39 is 0 Å². The lowest BCUT2D eigenvalue weighted by atomic mass is 10.1. The summed E-state index contributed by atoms with van der Waals surface area (Å²) in [6.07, 6.45) is 0. The predicted molar refractivity (Wildman–Crippen MR) is 99.6 cm³/mol. The highest BCUT2D eigenvalue weighted by molar-refractivity contribution is 9.10. The number of nitrogens with zero attached hydrogens (tertiary/aromatic N) is 1. The molecule has 5 nitrogen and oxygen atoms in total. The molecule has 0 aliphatic rings. The first kappa shape index (κ1) is 17.2. The Morgan fingerprint density at radius 3 is 2.44 bits per heavy atom. The van der Waals surface area contributed by atoms with Gasteiger partial charge in [0.25, 0.3) is 5.91 Å². The lowest BCUT2D eigenvalue weighted by Crippen LogP contribution is -2.25. The number of hydrogen-bond donors (Lipinski definition) is 1. The molecule has 1 N–H and O–H groups in total. The van der Waals surface area contributed by atoms with Gasteiger partial charge in [-0.05, 0) is 39.7 Å². The van der Waals surface area contributed by atoms with Gasteiger partial charge in [0.2, 0.25) is 0 Å². The number of hydrogen-bond acceptors (Lipinski definition) is 3. The molecule has 128 valence electrons. The number of methoxy groups -OCH3 is 1. The normalized spacial score (nSPS) is 10.7. The highest BCUT2D eigenvalue weighted by Crippen LogP contribution is 2.30. The first-order chi connectivity index (χ1) is 12.0. The van der Waals surface area contributed by atoms with Crippen LogP contribution in [-0.2, 0) is 18.3 Å². The molecule has 0 aliphatic carbocycles. The van der Waals surface area contributed by atoms with Crippen molar-refractivity contribution < 1.29 is 14.3 Å². The lowest BCUT2D eigenvalue weighted by molar-refractivity contribution is 0.0600. The molecule has 0 aliphatic heterocycles. The Hall–Kier alpha value is -2.60. The van der Waals surface area contributed by atoms with Gasteiger partial charge in [0, 0.05) is 24.5 Å². The zero-order valence-corrected chi connectivity index (χ0v) is 15.5. The number of para-hydroxylation sites is 1. The van der Waals surface area contributed by atoms with Gasteiger partial charge in [-0.2, -0.15) is 0 Å². The zero-order chi connectivity index (χ0) is 18.0. The number of ether oxygens (including phenoxy) is 1.